The maximum atomic E-state index is 12.1. The van der Waals surface area contributed by atoms with E-state index in [9.17, 15) is 9.90 Å². The molecule has 3 atom stereocenters. The van der Waals surface area contributed by atoms with Gasteiger partial charge in [-0.1, -0.05) is 6.92 Å². The molecule has 26 heavy (non-hydrogen) atoms. The zero-order valence-electron chi connectivity index (χ0n) is 14.7. The molecular weight excluding hydrogens is 336 g/mol. The van der Waals surface area contributed by atoms with Crippen molar-refractivity contribution in [3.63, 3.8) is 0 Å². The first kappa shape index (κ1) is 18.1. The van der Waals surface area contributed by atoms with Crippen LogP contribution in [0.5, 0.6) is 5.75 Å². The standard InChI is InChI=1S/C18H22N4O4/c1-11-16(21-18-19-6-3-7-20-18)14-10-13(26-9-8-23)4-5-15(14)22(12(2)24)17(11)25/h3-7,10-11,16-17,23,25H,8-9H2,1-2H3,(H,19,20,21)/t11-,16-,17+/m1/s1. The third kappa shape index (κ3) is 3.47. The van der Waals surface area contributed by atoms with Crippen molar-refractivity contribution in [3.05, 3.63) is 42.2 Å². The average molecular weight is 358 g/mol. The Morgan fingerprint density at radius 2 is 2.08 bits per heavy atom. The maximum Gasteiger partial charge on any atom is 0.225 e. The van der Waals surface area contributed by atoms with E-state index in [1.54, 1.807) is 30.6 Å². The summed E-state index contributed by atoms with van der Waals surface area (Å²) in [6.45, 7) is 3.36. The molecule has 0 unspecified atom stereocenters. The Kier molecular flexibility index (Phi) is 5.34. The Hall–Kier alpha value is -2.71. The summed E-state index contributed by atoms with van der Waals surface area (Å²) < 4.78 is 5.50. The molecule has 8 nitrogen and oxygen atoms in total. The number of hydrogen-bond donors (Lipinski definition) is 3. The SMILES string of the molecule is CC(=O)N1c2ccc(OCCO)cc2[C@H](Nc2ncccn2)[C@@H](C)[C@@H]1O. The van der Waals surface area contributed by atoms with Gasteiger partial charge in [0.15, 0.2) is 0 Å². The van der Waals surface area contributed by atoms with E-state index in [0.717, 1.165) is 5.56 Å². The second-order valence-electron chi connectivity index (χ2n) is 6.15. The molecule has 1 aromatic carbocycles. The number of benzene rings is 1. The van der Waals surface area contributed by atoms with E-state index in [0.29, 0.717) is 17.4 Å². The molecule has 1 amide bonds. The van der Waals surface area contributed by atoms with Crippen LogP contribution in [0.2, 0.25) is 0 Å². The highest BCUT2D eigenvalue weighted by Gasteiger charge is 2.40. The van der Waals surface area contributed by atoms with Crippen molar-refractivity contribution in [2.24, 2.45) is 5.92 Å². The fourth-order valence-electron chi connectivity index (χ4n) is 3.17. The van der Waals surface area contributed by atoms with Gasteiger partial charge in [0, 0.05) is 30.8 Å². The minimum atomic E-state index is -0.981. The van der Waals surface area contributed by atoms with Crippen molar-refractivity contribution in [1.82, 2.24) is 9.97 Å². The van der Waals surface area contributed by atoms with Crippen molar-refractivity contribution in [3.8, 4) is 5.75 Å². The summed E-state index contributed by atoms with van der Waals surface area (Å²) in [5, 5.41) is 22.9. The van der Waals surface area contributed by atoms with E-state index >= 15 is 0 Å². The summed E-state index contributed by atoms with van der Waals surface area (Å²) in [5.74, 6) is 0.443. The normalized spacial score (nSPS) is 21.8. The van der Waals surface area contributed by atoms with Crippen LogP contribution < -0.4 is 15.0 Å². The van der Waals surface area contributed by atoms with Crippen LogP contribution in [-0.4, -0.2) is 45.5 Å². The molecule has 0 fully saturated rings. The average Bonchev–Trinajstić information content (AvgIpc) is 2.64. The molecule has 0 saturated heterocycles. The Morgan fingerprint density at radius 1 is 1.35 bits per heavy atom. The van der Waals surface area contributed by atoms with Gasteiger partial charge in [0.25, 0.3) is 0 Å². The lowest BCUT2D eigenvalue weighted by atomic mass is 9.86. The highest BCUT2D eigenvalue weighted by molar-refractivity contribution is 5.93. The molecule has 1 aromatic heterocycles. The van der Waals surface area contributed by atoms with Gasteiger partial charge >= 0.3 is 0 Å². The molecule has 0 bridgehead atoms. The highest BCUT2D eigenvalue weighted by Crippen LogP contribution is 2.42. The van der Waals surface area contributed by atoms with Gasteiger partial charge in [-0.15, -0.1) is 0 Å². The number of aromatic nitrogens is 2. The van der Waals surface area contributed by atoms with Crippen molar-refractivity contribution < 1.29 is 19.7 Å². The summed E-state index contributed by atoms with van der Waals surface area (Å²) in [5.41, 5.74) is 1.40. The number of rotatable bonds is 5. The van der Waals surface area contributed by atoms with E-state index in [2.05, 4.69) is 15.3 Å². The topological polar surface area (TPSA) is 108 Å². The van der Waals surface area contributed by atoms with Gasteiger partial charge in [-0.05, 0) is 24.3 Å². The van der Waals surface area contributed by atoms with Crippen molar-refractivity contribution in [2.75, 3.05) is 23.4 Å². The number of nitrogens with zero attached hydrogens (tertiary/aromatic N) is 3. The molecule has 2 heterocycles. The number of nitrogens with one attached hydrogen (secondary N) is 1. The second kappa shape index (κ2) is 7.67. The van der Waals surface area contributed by atoms with E-state index in [1.807, 2.05) is 13.0 Å². The van der Waals surface area contributed by atoms with Crippen LogP contribution in [0, 0.1) is 5.92 Å². The number of aliphatic hydroxyl groups is 2. The lowest BCUT2D eigenvalue weighted by Crippen LogP contribution is -2.50. The molecule has 3 rings (SSSR count). The Labute approximate surface area is 151 Å². The van der Waals surface area contributed by atoms with Crippen molar-refractivity contribution in [1.29, 1.82) is 0 Å². The molecular formula is C18H22N4O4. The van der Waals surface area contributed by atoms with Gasteiger partial charge in [-0.25, -0.2) is 9.97 Å². The van der Waals surface area contributed by atoms with Gasteiger partial charge in [0.1, 0.15) is 18.6 Å². The fourth-order valence-corrected chi connectivity index (χ4v) is 3.17. The summed E-state index contributed by atoms with van der Waals surface area (Å²) >= 11 is 0. The molecule has 0 radical (unpaired) electrons. The molecule has 1 aliphatic rings. The van der Waals surface area contributed by atoms with Crippen LogP contribution in [-0.2, 0) is 4.79 Å². The molecule has 138 valence electrons. The number of anilines is 2. The molecule has 8 heteroatoms. The summed E-state index contributed by atoms with van der Waals surface area (Å²) in [6, 6.07) is 6.65. The molecule has 0 spiro atoms. The third-order valence-corrected chi connectivity index (χ3v) is 4.40. The number of carbonyl (C=O) groups is 1. The van der Waals surface area contributed by atoms with Gasteiger partial charge in [-0.3, -0.25) is 9.69 Å². The lowest BCUT2D eigenvalue weighted by molar-refractivity contribution is -0.119. The van der Waals surface area contributed by atoms with Crippen LogP contribution in [0.4, 0.5) is 11.6 Å². The lowest BCUT2D eigenvalue weighted by Gasteiger charge is -2.42. The second-order valence-corrected chi connectivity index (χ2v) is 6.15. The molecule has 0 saturated carbocycles. The largest absolute Gasteiger partial charge is 0.491 e. The Bertz CT molecular complexity index is 771. The van der Waals surface area contributed by atoms with Crippen LogP contribution in [0.25, 0.3) is 0 Å². The van der Waals surface area contributed by atoms with Crippen molar-refractivity contribution >= 4 is 17.5 Å². The molecule has 0 aliphatic carbocycles. The first-order valence-corrected chi connectivity index (χ1v) is 8.42. The van der Waals surface area contributed by atoms with Crippen LogP contribution in [0.15, 0.2) is 36.7 Å². The molecule has 3 N–H and O–H groups in total. The quantitative estimate of drug-likeness (QED) is 0.740. The monoisotopic (exact) mass is 358 g/mol. The van der Waals surface area contributed by atoms with Gasteiger partial charge in [0.2, 0.25) is 11.9 Å². The summed E-state index contributed by atoms with van der Waals surface area (Å²) in [6.07, 6.45) is 2.27. The predicted octanol–water partition coefficient (Wildman–Crippen LogP) is 1.32. The summed E-state index contributed by atoms with van der Waals surface area (Å²) in [7, 11) is 0. The fraction of sp³-hybridized carbons (Fsp3) is 0.389. The van der Waals surface area contributed by atoms with Crippen LogP contribution in [0.1, 0.15) is 25.5 Å². The number of ether oxygens (including phenoxy) is 1. The molecule has 1 aliphatic heterocycles. The molecule has 2 aromatic rings. The number of hydrogen-bond acceptors (Lipinski definition) is 7. The zero-order valence-corrected chi connectivity index (χ0v) is 14.7. The minimum Gasteiger partial charge on any atom is -0.491 e. The van der Waals surface area contributed by atoms with Gasteiger partial charge < -0.3 is 20.3 Å². The highest BCUT2D eigenvalue weighted by atomic mass is 16.5. The number of amides is 1. The van der Waals surface area contributed by atoms with Gasteiger partial charge in [-0.2, -0.15) is 0 Å². The van der Waals surface area contributed by atoms with E-state index < -0.39 is 6.23 Å². The first-order chi connectivity index (χ1) is 12.5. The predicted molar refractivity (Wildman–Crippen MR) is 95.7 cm³/mol. The van der Waals surface area contributed by atoms with Crippen molar-refractivity contribution in [2.45, 2.75) is 26.1 Å². The van der Waals surface area contributed by atoms with Gasteiger partial charge in [0.05, 0.1) is 18.3 Å². The smallest absolute Gasteiger partial charge is 0.225 e. The number of fused-ring (bicyclic) bond motifs is 1. The van der Waals surface area contributed by atoms with E-state index in [-0.39, 0.29) is 31.1 Å². The summed E-state index contributed by atoms with van der Waals surface area (Å²) in [4.78, 5) is 21.8. The number of aliphatic hydroxyl groups excluding tert-OH is 2. The van der Waals surface area contributed by atoms with Crippen LogP contribution in [0.3, 0.4) is 0 Å². The van der Waals surface area contributed by atoms with E-state index in [4.69, 9.17) is 9.84 Å². The first-order valence-electron chi connectivity index (χ1n) is 8.42. The third-order valence-electron chi connectivity index (χ3n) is 4.40. The minimum absolute atomic E-state index is 0.0920. The zero-order chi connectivity index (χ0) is 18.7. The van der Waals surface area contributed by atoms with E-state index in [1.165, 1.54) is 11.8 Å². The Balaban J connectivity index is 2.03. The Morgan fingerprint density at radius 3 is 2.73 bits per heavy atom. The maximum absolute atomic E-state index is 12.1. The number of carbonyl (C=O) groups excluding carboxylic acids is 1. The van der Waals surface area contributed by atoms with Crippen LogP contribution >= 0.6 is 0 Å².